The number of amides is 1. The number of nitrogens with one attached hydrogen (secondary N) is 1. The minimum Gasteiger partial charge on any atom is -0.465 e. The highest BCUT2D eigenvalue weighted by molar-refractivity contribution is 5.96. The summed E-state index contributed by atoms with van der Waals surface area (Å²) in [7, 11) is 1.31. The number of ether oxygens (including phenoxy) is 1. The molecule has 0 unspecified atom stereocenters. The molecule has 4 rings (SSSR count). The summed E-state index contributed by atoms with van der Waals surface area (Å²) in [5, 5.41) is 25.7. The fourth-order valence-corrected chi connectivity index (χ4v) is 5.98. The van der Waals surface area contributed by atoms with Crippen LogP contribution in [0.1, 0.15) is 91.1 Å². The van der Waals surface area contributed by atoms with Crippen molar-refractivity contribution in [3.63, 3.8) is 0 Å². The summed E-state index contributed by atoms with van der Waals surface area (Å²) in [4.78, 5) is 46.4. The predicted octanol–water partition coefficient (Wildman–Crippen LogP) is 6.39. The Morgan fingerprint density at radius 3 is 2.23 bits per heavy atom. The van der Waals surface area contributed by atoms with Gasteiger partial charge in [0, 0.05) is 12.1 Å². The summed E-state index contributed by atoms with van der Waals surface area (Å²) >= 11 is 0. The second-order valence-corrected chi connectivity index (χ2v) is 11.2. The van der Waals surface area contributed by atoms with Gasteiger partial charge in [-0.3, -0.25) is 25.0 Å². The van der Waals surface area contributed by atoms with Gasteiger partial charge >= 0.3 is 5.97 Å². The second kappa shape index (κ2) is 11.5. The van der Waals surface area contributed by atoms with E-state index in [1.54, 1.807) is 24.3 Å². The number of nitro groups is 2. The summed E-state index contributed by atoms with van der Waals surface area (Å²) in [5.74, 6) is 0.0943. The number of nitro benzene ring substituents is 2. The quantitative estimate of drug-likeness (QED) is 0.135. The Kier molecular flexibility index (Phi) is 8.32. The van der Waals surface area contributed by atoms with Crippen LogP contribution < -0.4 is 5.32 Å². The van der Waals surface area contributed by atoms with Crippen LogP contribution in [0.3, 0.4) is 0 Å². The molecular formula is C29H35N3O7. The molecule has 0 aliphatic heterocycles. The summed E-state index contributed by atoms with van der Waals surface area (Å²) in [6.07, 6.45) is 8.22. The van der Waals surface area contributed by atoms with Gasteiger partial charge in [0.25, 0.3) is 17.3 Å². The average Bonchev–Trinajstić information content (AvgIpc) is 3.84. The van der Waals surface area contributed by atoms with Crippen molar-refractivity contribution >= 4 is 23.3 Å². The molecule has 0 spiro atoms. The van der Waals surface area contributed by atoms with E-state index in [1.165, 1.54) is 45.6 Å². The first kappa shape index (κ1) is 28.2. The standard InChI is InChI=1S/C29H35N3O7/c1-4-5-6-7-12-29(2)17-25(29)23-16-24(23)26(18-8-10-19(11-9-18)28(34)39-3)30-27(33)20-13-21(31(35)36)15-22(14-20)32(37)38/h8-11,13-15,23-26H,4-7,12,16-17H2,1-3H3,(H,30,33)/t23-,24-,25-,26+,29+/m1/s1. The molecule has 10 nitrogen and oxygen atoms in total. The van der Waals surface area contributed by atoms with Crippen LogP contribution in [0.15, 0.2) is 42.5 Å². The van der Waals surface area contributed by atoms with Gasteiger partial charge in [0.05, 0.1) is 40.2 Å². The molecule has 2 aromatic carbocycles. The van der Waals surface area contributed by atoms with Crippen LogP contribution in [0.4, 0.5) is 11.4 Å². The van der Waals surface area contributed by atoms with E-state index in [1.807, 2.05) is 0 Å². The number of hydrogen-bond donors (Lipinski definition) is 1. The maximum Gasteiger partial charge on any atom is 0.337 e. The Balaban J connectivity index is 1.55. The highest BCUT2D eigenvalue weighted by Gasteiger charge is 2.61. The minimum atomic E-state index is -0.752. The zero-order chi connectivity index (χ0) is 28.3. The molecule has 1 amide bonds. The van der Waals surface area contributed by atoms with Crippen molar-refractivity contribution in [1.82, 2.24) is 5.32 Å². The fraction of sp³-hybridized carbons (Fsp3) is 0.517. The maximum atomic E-state index is 13.3. The summed E-state index contributed by atoms with van der Waals surface area (Å²) in [5.41, 5.74) is 0.320. The first-order valence-electron chi connectivity index (χ1n) is 13.5. The van der Waals surface area contributed by atoms with Gasteiger partial charge in [0.2, 0.25) is 0 Å². The van der Waals surface area contributed by atoms with Gasteiger partial charge in [-0.15, -0.1) is 0 Å². The zero-order valence-corrected chi connectivity index (χ0v) is 22.6. The number of carbonyl (C=O) groups excluding carboxylic acids is 2. The third kappa shape index (κ3) is 6.43. The molecule has 0 heterocycles. The Labute approximate surface area is 227 Å². The molecular weight excluding hydrogens is 502 g/mol. The molecule has 0 aromatic heterocycles. The topological polar surface area (TPSA) is 142 Å². The Morgan fingerprint density at radius 1 is 1.03 bits per heavy atom. The molecule has 5 atom stereocenters. The lowest BCUT2D eigenvalue weighted by molar-refractivity contribution is -0.394. The van der Waals surface area contributed by atoms with Crippen molar-refractivity contribution in [3.8, 4) is 0 Å². The normalized spacial score (nSPS) is 23.9. The van der Waals surface area contributed by atoms with Crippen molar-refractivity contribution in [1.29, 1.82) is 0 Å². The lowest BCUT2D eigenvalue weighted by Gasteiger charge is -2.21. The predicted molar refractivity (Wildman–Crippen MR) is 144 cm³/mol. The molecule has 2 aliphatic carbocycles. The fourth-order valence-electron chi connectivity index (χ4n) is 5.98. The molecule has 10 heteroatoms. The van der Waals surface area contributed by atoms with E-state index < -0.39 is 39.1 Å². The summed E-state index contributed by atoms with van der Waals surface area (Å²) < 4.78 is 4.79. The summed E-state index contributed by atoms with van der Waals surface area (Å²) in [6, 6.07) is 9.38. The van der Waals surface area contributed by atoms with Crippen molar-refractivity contribution < 1.29 is 24.2 Å². The molecule has 2 saturated carbocycles. The van der Waals surface area contributed by atoms with Crippen molar-refractivity contribution in [2.24, 2.45) is 23.2 Å². The van der Waals surface area contributed by atoms with Gasteiger partial charge < -0.3 is 10.1 Å². The van der Waals surface area contributed by atoms with Crippen molar-refractivity contribution in [2.75, 3.05) is 7.11 Å². The maximum absolute atomic E-state index is 13.3. The average molecular weight is 538 g/mol. The highest BCUT2D eigenvalue weighted by atomic mass is 16.6. The van der Waals surface area contributed by atoms with Crippen molar-refractivity contribution in [3.05, 3.63) is 79.4 Å². The lowest BCUT2D eigenvalue weighted by atomic mass is 9.93. The van der Waals surface area contributed by atoms with Crippen LogP contribution in [0.5, 0.6) is 0 Å². The van der Waals surface area contributed by atoms with Crippen LogP contribution in [-0.4, -0.2) is 28.8 Å². The van der Waals surface area contributed by atoms with E-state index >= 15 is 0 Å². The number of unbranched alkanes of at least 4 members (excludes halogenated alkanes) is 3. The SMILES string of the molecule is CCCCCC[C@@]1(C)C[C@@H]1[C@@H]1C[C@H]1[C@@H](NC(=O)c1cc([N+](=O)[O-])cc([N+](=O)[O-])c1)c1ccc(C(=O)OC)cc1. The number of non-ortho nitro benzene ring substituents is 2. The monoisotopic (exact) mass is 537 g/mol. The smallest absolute Gasteiger partial charge is 0.337 e. The Bertz CT molecular complexity index is 1230. The number of hydrogen-bond acceptors (Lipinski definition) is 7. The molecule has 0 radical (unpaired) electrons. The lowest BCUT2D eigenvalue weighted by Crippen LogP contribution is -2.30. The van der Waals surface area contributed by atoms with Gasteiger partial charge in [-0.2, -0.15) is 0 Å². The van der Waals surface area contributed by atoms with Crippen LogP contribution in [-0.2, 0) is 4.74 Å². The van der Waals surface area contributed by atoms with E-state index in [2.05, 4.69) is 19.2 Å². The minimum absolute atomic E-state index is 0.142. The Hall–Kier alpha value is -3.82. The highest BCUT2D eigenvalue weighted by Crippen LogP contribution is 2.68. The first-order chi connectivity index (χ1) is 18.6. The van der Waals surface area contributed by atoms with E-state index in [-0.39, 0.29) is 11.5 Å². The third-order valence-electron chi connectivity index (χ3n) is 8.42. The van der Waals surface area contributed by atoms with Gasteiger partial charge in [0.1, 0.15) is 0 Å². The molecule has 0 bridgehead atoms. The van der Waals surface area contributed by atoms with E-state index in [9.17, 15) is 29.8 Å². The molecule has 208 valence electrons. The Morgan fingerprint density at radius 2 is 1.67 bits per heavy atom. The third-order valence-corrected chi connectivity index (χ3v) is 8.42. The molecule has 39 heavy (non-hydrogen) atoms. The van der Waals surface area contributed by atoms with Crippen LogP contribution in [0.25, 0.3) is 0 Å². The number of esters is 1. The molecule has 2 aliphatic rings. The molecule has 0 saturated heterocycles. The van der Waals surface area contributed by atoms with E-state index in [0.29, 0.717) is 22.8 Å². The van der Waals surface area contributed by atoms with E-state index in [0.717, 1.165) is 30.2 Å². The first-order valence-corrected chi connectivity index (χ1v) is 13.5. The number of carbonyl (C=O) groups is 2. The molecule has 2 fully saturated rings. The summed E-state index contributed by atoms with van der Waals surface area (Å²) in [6.45, 7) is 4.55. The molecule has 1 N–H and O–H groups in total. The molecule has 2 aromatic rings. The van der Waals surface area contributed by atoms with Gasteiger partial charge in [-0.1, -0.05) is 51.7 Å². The van der Waals surface area contributed by atoms with Crippen molar-refractivity contribution in [2.45, 2.75) is 64.8 Å². The second-order valence-electron chi connectivity index (χ2n) is 11.2. The zero-order valence-electron chi connectivity index (χ0n) is 22.6. The number of benzene rings is 2. The van der Waals surface area contributed by atoms with Crippen LogP contribution in [0, 0.1) is 43.4 Å². The van der Waals surface area contributed by atoms with Crippen LogP contribution >= 0.6 is 0 Å². The van der Waals surface area contributed by atoms with E-state index in [4.69, 9.17) is 4.74 Å². The number of rotatable bonds is 13. The van der Waals surface area contributed by atoms with Gasteiger partial charge in [-0.05, 0) is 60.1 Å². The van der Waals surface area contributed by atoms with Crippen LogP contribution in [0.2, 0.25) is 0 Å². The van der Waals surface area contributed by atoms with Gasteiger partial charge in [0.15, 0.2) is 0 Å². The number of methoxy groups -OCH3 is 1. The number of nitrogens with zero attached hydrogens (tertiary/aromatic N) is 2. The van der Waals surface area contributed by atoms with Gasteiger partial charge in [-0.25, -0.2) is 4.79 Å². The largest absolute Gasteiger partial charge is 0.465 e.